The molecule has 2 aliphatic rings. The second kappa shape index (κ2) is 4.62. The Bertz CT molecular complexity index is 259. The van der Waals surface area contributed by atoms with Crippen LogP contribution >= 0.6 is 0 Å². The number of carbonyl (C=O) groups excluding carboxylic acids is 1. The molecular formula is C12H23N3O. The summed E-state index contributed by atoms with van der Waals surface area (Å²) in [5.41, 5.74) is 0. The maximum Gasteiger partial charge on any atom is 0.319 e. The van der Waals surface area contributed by atoms with Crippen molar-refractivity contribution >= 4 is 6.03 Å². The fourth-order valence-corrected chi connectivity index (χ4v) is 2.38. The first-order valence-electron chi connectivity index (χ1n) is 6.30. The second-order valence-electron chi connectivity index (χ2n) is 5.42. The Morgan fingerprint density at radius 2 is 1.88 bits per heavy atom. The third kappa shape index (κ3) is 2.67. The Morgan fingerprint density at radius 1 is 1.31 bits per heavy atom. The van der Waals surface area contributed by atoms with E-state index < -0.39 is 0 Å². The van der Waals surface area contributed by atoms with Crippen molar-refractivity contribution in [3.63, 3.8) is 0 Å². The van der Waals surface area contributed by atoms with Crippen LogP contribution in [0.5, 0.6) is 0 Å². The number of nitrogens with one attached hydrogen (secondary N) is 1. The molecule has 0 bridgehead atoms. The molecule has 2 fully saturated rings. The molecule has 1 saturated carbocycles. The molecule has 4 heteroatoms. The highest BCUT2D eigenvalue weighted by molar-refractivity contribution is 5.73. The van der Waals surface area contributed by atoms with Crippen molar-refractivity contribution in [3.05, 3.63) is 0 Å². The van der Waals surface area contributed by atoms with Crippen LogP contribution in [0.25, 0.3) is 0 Å². The SMILES string of the molecule is CC1CC1NC1CCN(C(=O)N(C)C)CC1. The highest BCUT2D eigenvalue weighted by Gasteiger charge is 2.35. The maximum absolute atomic E-state index is 11.7. The Morgan fingerprint density at radius 3 is 2.31 bits per heavy atom. The lowest BCUT2D eigenvalue weighted by Gasteiger charge is -2.34. The number of amides is 2. The summed E-state index contributed by atoms with van der Waals surface area (Å²) in [6, 6.07) is 1.53. The zero-order valence-corrected chi connectivity index (χ0v) is 10.6. The molecule has 2 amide bonds. The summed E-state index contributed by atoms with van der Waals surface area (Å²) in [6.07, 6.45) is 3.53. The normalized spacial score (nSPS) is 30.3. The van der Waals surface area contributed by atoms with E-state index >= 15 is 0 Å². The molecule has 0 spiro atoms. The van der Waals surface area contributed by atoms with Gasteiger partial charge in [0.25, 0.3) is 0 Å². The number of nitrogens with zero attached hydrogens (tertiary/aromatic N) is 2. The first-order chi connectivity index (χ1) is 7.58. The smallest absolute Gasteiger partial charge is 0.319 e. The van der Waals surface area contributed by atoms with E-state index in [2.05, 4.69) is 12.2 Å². The van der Waals surface area contributed by atoms with Crippen LogP contribution in [0.4, 0.5) is 4.79 Å². The molecule has 0 aromatic rings. The molecule has 1 aliphatic heterocycles. The summed E-state index contributed by atoms with van der Waals surface area (Å²) < 4.78 is 0. The van der Waals surface area contributed by atoms with E-state index in [1.54, 1.807) is 4.90 Å². The maximum atomic E-state index is 11.7. The number of urea groups is 1. The van der Waals surface area contributed by atoms with E-state index in [1.807, 2.05) is 19.0 Å². The first kappa shape index (κ1) is 11.7. The summed E-state index contributed by atoms with van der Waals surface area (Å²) >= 11 is 0. The van der Waals surface area contributed by atoms with Gasteiger partial charge < -0.3 is 15.1 Å². The number of piperidine rings is 1. The fourth-order valence-electron chi connectivity index (χ4n) is 2.38. The molecule has 0 aromatic carbocycles. The Kier molecular flexibility index (Phi) is 3.38. The molecule has 1 aliphatic carbocycles. The average molecular weight is 225 g/mol. The summed E-state index contributed by atoms with van der Waals surface area (Å²) in [5, 5.41) is 3.68. The van der Waals surface area contributed by atoms with E-state index in [4.69, 9.17) is 0 Å². The van der Waals surface area contributed by atoms with E-state index in [0.717, 1.165) is 37.9 Å². The van der Waals surface area contributed by atoms with E-state index in [1.165, 1.54) is 6.42 Å². The van der Waals surface area contributed by atoms with Gasteiger partial charge in [0.15, 0.2) is 0 Å². The Hall–Kier alpha value is -0.770. The van der Waals surface area contributed by atoms with Gasteiger partial charge in [-0.15, -0.1) is 0 Å². The number of carbonyl (C=O) groups is 1. The first-order valence-corrected chi connectivity index (χ1v) is 6.30. The van der Waals surface area contributed by atoms with Gasteiger partial charge in [-0.2, -0.15) is 0 Å². The predicted molar refractivity (Wildman–Crippen MR) is 64.4 cm³/mol. The fraction of sp³-hybridized carbons (Fsp3) is 0.917. The quantitative estimate of drug-likeness (QED) is 0.764. The third-order valence-electron chi connectivity index (χ3n) is 3.71. The van der Waals surface area contributed by atoms with Gasteiger partial charge in [-0.05, 0) is 25.2 Å². The number of hydrogen-bond acceptors (Lipinski definition) is 2. The largest absolute Gasteiger partial charge is 0.331 e. The summed E-state index contributed by atoms with van der Waals surface area (Å²) in [7, 11) is 3.64. The molecule has 0 radical (unpaired) electrons. The summed E-state index contributed by atoms with van der Waals surface area (Å²) in [5.74, 6) is 0.862. The van der Waals surface area contributed by atoms with Crippen molar-refractivity contribution in [2.24, 2.45) is 5.92 Å². The molecule has 0 aromatic heterocycles. The van der Waals surface area contributed by atoms with Crippen LogP contribution in [-0.2, 0) is 0 Å². The predicted octanol–water partition coefficient (Wildman–Crippen LogP) is 1.13. The Labute approximate surface area is 98.0 Å². The molecule has 92 valence electrons. The molecule has 4 nitrogen and oxygen atoms in total. The lowest BCUT2D eigenvalue weighted by Crippen LogP contribution is -2.48. The number of rotatable bonds is 2. The van der Waals surface area contributed by atoms with Gasteiger partial charge in [-0.25, -0.2) is 4.79 Å². The molecule has 2 rings (SSSR count). The minimum absolute atomic E-state index is 0.151. The van der Waals surface area contributed by atoms with Crippen LogP contribution in [0.2, 0.25) is 0 Å². The van der Waals surface area contributed by atoms with Gasteiger partial charge in [-0.1, -0.05) is 6.92 Å². The van der Waals surface area contributed by atoms with Crippen molar-refractivity contribution in [2.75, 3.05) is 27.2 Å². The van der Waals surface area contributed by atoms with Gasteiger partial charge in [0.05, 0.1) is 0 Å². The zero-order chi connectivity index (χ0) is 11.7. The minimum atomic E-state index is 0.151. The molecule has 1 N–H and O–H groups in total. The highest BCUT2D eigenvalue weighted by Crippen LogP contribution is 2.30. The van der Waals surface area contributed by atoms with Crippen LogP contribution in [0, 0.1) is 5.92 Å². The van der Waals surface area contributed by atoms with Gasteiger partial charge in [-0.3, -0.25) is 0 Å². The van der Waals surface area contributed by atoms with Gasteiger partial charge in [0.2, 0.25) is 0 Å². The van der Waals surface area contributed by atoms with Gasteiger partial charge in [0.1, 0.15) is 0 Å². The standard InChI is InChI=1S/C12H23N3O/c1-9-8-11(9)13-10-4-6-15(7-5-10)12(16)14(2)3/h9-11,13H,4-8H2,1-3H3. The van der Waals surface area contributed by atoms with E-state index in [0.29, 0.717) is 6.04 Å². The summed E-state index contributed by atoms with van der Waals surface area (Å²) in [4.78, 5) is 15.3. The van der Waals surface area contributed by atoms with Crippen molar-refractivity contribution < 1.29 is 4.79 Å². The van der Waals surface area contributed by atoms with Crippen molar-refractivity contribution in [1.29, 1.82) is 0 Å². The van der Waals surface area contributed by atoms with E-state index in [-0.39, 0.29) is 6.03 Å². The molecule has 2 unspecified atom stereocenters. The molecule has 2 atom stereocenters. The topological polar surface area (TPSA) is 35.6 Å². The van der Waals surface area contributed by atoms with Crippen LogP contribution in [-0.4, -0.2) is 55.1 Å². The molecule has 1 heterocycles. The third-order valence-corrected chi connectivity index (χ3v) is 3.71. The minimum Gasteiger partial charge on any atom is -0.331 e. The molecular weight excluding hydrogens is 202 g/mol. The lowest BCUT2D eigenvalue weighted by molar-refractivity contribution is 0.152. The van der Waals surface area contributed by atoms with Gasteiger partial charge >= 0.3 is 6.03 Å². The number of likely N-dealkylation sites (tertiary alicyclic amines) is 1. The van der Waals surface area contributed by atoms with Crippen molar-refractivity contribution in [2.45, 2.75) is 38.3 Å². The lowest BCUT2D eigenvalue weighted by atomic mass is 10.1. The monoisotopic (exact) mass is 225 g/mol. The van der Waals surface area contributed by atoms with Crippen molar-refractivity contribution in [1.82, 2.24) is 15.1 Å². The highest BCUT2D eigenvalue weighted by atomic mass is 16.2. The molecule has 1 saturated heterocycles. The summed E-state index contributed by atoms with van der Waals surface area (Å²) in [6.45, 7) is 4.09. The molecule has 16 heavy (non-hydrogen) atoms. The van der Waals surface area contributed by atoms with Crippen molar-refractivity contribution in [3.8, 4) is 0 Å². The van der Waals surface area contributed by atoms with Gasteiger partial charge in [0, 0.05) is 39.3 Å². The average Bonchev–Trinajstić information content (AvgIpc) is 2.94. The Balaban J connectivity index is 1.72. The van der Waals surface area contributed by atoms with Crippen LogP contribution < -0.4 is 5.32 Å². The second-order valence-corrected chi connectivity index (χ2v) is 5.42. The van der Waals surface area contributed by atoms with Crippen LogP contribution in [0.15, 0.2) is 0 Å². The number of hydrogen-bond donors (Lipinski definition) is 1. The van der Waals surface area contributed by atoms with Crippen LogP contribution in [0.3, 0.4) is 0 Å². The van der Waals surface area contributed by atoms with Crippen LogP contribution in [0.1, 0.15) is 26.2 Å². The van der Waals surface area contributed by atoms with E-state index in [9.17, 15) is 4.79 Å². The zero-order valence-electron chi connectivity index (χ0n) is 10.6.